The molecule has 2 rings (SSSR count). The zero-order chi connectivity index (χ0) is 17.4. The molecule has 0 bridgehead atoms. The van der Waals surface area contributed by atoms with Gasteiger partial charge in [0, 0.05) is 12.3 Å². The number of nitrogens with zero attached hydrogens (tertiary/aromatic N) is 4. The first-order valence-electron chi connectivity index (χ1n) is 6.52. The molecule has 0 spiro atoms. The van der Waals surface area contributed by atoms with E-state index in [-0.39, 0.29) is 0 Å². The summed E-state index contributed by atoms with van der Waals surface area (Å²) < 4.78 is 1.76. The number of tetrazole rings is 1. The summed E-state index contributed by atoms with van der Waals surface area (Å²) in [5.74, 6) is -2.84. The number of hydrogen-bond donors (Lipinski definition) is 3. The number of benzene rings is 1. The highest BCUT2D eigenvalue weighted by Gasteiger charge is 2.10. The molecule has 2 aromatic rings. The minimum absolute atomic E-state index is 0.615. The van der Waals surface area contributed by atoms with Crippen molar-refractivity contribution in [2.45, 2.75) is 19.0 Å². The second-order valence-corrected chi connectivity index (χ2v) is 5.47. The molecular weight excluding hydrogens is 322 g/mol. The highest BCUT2D eigenvalue weighted by Crippen LogP contribution is 2.20. The van der Waals surface area contributed by atoms with Gasteiger partial charge in [0.1, 0.15) is 0 Å². The molecule has 0 fully saturated rings. The first kappa shape index (κ1) is 18.6. The number of nitrogens with two attached hydrogens (primary N) is 1. The number of hydrogen-bond acceptors (Lipinski definition) is 7. The summed E-state index contributed by atoms with van der Waals surface area (Å²) in [5.41, 5.74) is 8.89. The third kappa shape index (κ3) is 5.68. The van der Waals surface area contributed by atoms with E-state index in [1.54, 1.807) is 16.4 Å². The Morgan fingerprint density at radius 1 is 1.26 bits per heavy atom. The number of carboxylic acids is 2. The van der Waals surface area contributed by atoms with Gasteiger partial charge in [0.25, 0.3) is 0 Å². The van der Waals surface area contributed by atoms with Crippen LogP contribution in [-0.4, -0.2) is 54.7 Å². The molecule has 0 saturated carbocycles. The van der Waals surface area contributed by atoms with Crippen LogP contribution in [0.2, 0.25) is 0 Å². The fourth-order valence-electron chi connectivity index (χ4n) is 1.61. The Morgan fingerprint density at radius 3 is 2.43 bits per heavy atom. The van der Waals surface area contributed by atoms with Crippen LogP contribution < -0.4 is 5.73 Å². The van der Waals surface area contributed by atoms with Crippen molar-refractivity contribution < 1.29 is 19.8 Å². The molecular formula is C13H17N5O4S. The fraction of sp³-hybridized carbons (Fsp3) is 0.308. The van der Waals surface area contributed by atoms with Crippen LogP contribution >= 0.6 is 11.8 Å². The Balaban J connectivity index is 0.000000379. The molecule has 4 N–H and O–H groups in total. The number of aromatic nitrogens is 4. The van der Waals surface area contributed by atoms with Crippen molar-refractivity contribution in [3.05, 3.63) is 29.3 Å². The zero-order valence-corrected chi connectivity index (χ0v) is 13.4. The Kier molecular flexibility index (Phi) is 7.16. The molecule has 23 heavy (non-hydrogen) atoms. The summed E-state index contributed by atoms with van der Waals surface area (Å²) in [6.45, 7) is 4.74. The highest BCUT2D eigenvalue weighted by molar-refractivity contribution is 7.99. The van der Waals surface area contributed by atoms with Gasteiger partial charge >= 0.3 is 11.9 Å². The van der Waals surface area contributed by atoms with Gasteiger partial charge in [-0.1, -0.05) is 29.5 Å². The van der Waals surface area contributed by atoms with Gasteiger partial charge in [-0.25, -0.2) is 9.59 Å². The molecule has 0 amide bonds. The first-order valence-corrected chi connectivity index (χ1v) is 7.50. The molecule has 0 saturated heterocycles. The van der Waals surface area contributed by atoms with Gasteiger partial charge in [-0.2, -0.15) is 4.68 Å². The van der Waals surface area contributed by atoms with E-state index in [1.807, 2.05) is 6.07 Å². The minimum atomic E-state index is -1.82. The van der Waals surface area contributed by atoms with Crippen LogP contribution in [0.4, 0.5) is 0 Å². The quantitative estimate of drug-likeness (QED) is 0.535. The number of rotatable bonds is 4. The van der Waals surface area contributed by atoms with E-state index in [2.05, 4.69) is 41.5 Å². The molecule has 9 nitrogen and oxygen atoms in total. The molecule has 0 aliphatic rings. The van der Waals surface area contributed by atoms with E-state index in [1.165, 1.54) is 5.56 Å². The van der Waals surface area contributed by atoms with E-state index in [0.29, 0.717) is 6.54 Å². The molecule has 0 unspecified atom stereocenters. The van der Waals surface area contributed by atoms with Crippen LogP contribution in [0, 0.1) is 13.8 Å². The lowest BCUT2D eigenvalue weighted by Crippen LogP contribution is -2.09. The van der Waals surface area contributed by atoms with Crippen LogP contribution in [0.15, 0.2) is 23.4 Å². The van der Waals surface area contributed by atoms with E-state index >= 15 is 0 Å². The maximum Gasteiger partial charge on any atom is 0.414 e. The Bertz CT molecular complexity index is 677. The summed E-state index contributed by atoms with van der Waals surface area (Å²) in [7, 11) is 0. The van der Waals surface area contributed by atoms with Crippen LogP contribution in [0.5, 0.6) is 0 Å². The van der Waals surface area contributed by atoms with Gasteiger partial charge in [-0.05, 0) is 35.9 Å². The van der Waals surface area contributed by atoms with Crippen molar-refractivity contribution >= 4 is 23.7 Å². The van der Waals surface area contributed by atoms with Crippen LogP contribution in [0.1, 0.15) is 11.1 Å². The van der Waals surface area contributed by atoms with E-state index < -0.39 is 11.9 Å². The standard InChI is InChI=1S/C11H15N5S.C2H2O4/c1-8-3-4-10(9(2)7-8)16-11(13-14-15-16)17-6-5-12;3-1(4)2(5)6/h3-4,7H,5-6,12H2,1-2H3;(H,3,4)(H,5,6). The lowest BCUT2D eigenvalue weighted by Gasteiger charge is -2.07. The molecule has 0 aliphatic heterocycles. The molecule has 124 valence electrons. The number of aryl methyl sites for hydroxylation is 2. The van der Waals surface area contributed by atoms with Gasteiger partial charge in [-0.15, -0.1) is 5.10 Å². The lowest BCUT2D eigenvalue weighted by molar-refractivity contribution is -0.159. The molecule has 1 heterocycles. The van der Waals surface area contributed by atoms with Crippen molar-refractivity contribution in [3.8, 4) is 5.69 Å². The smallest absolute Gasteiger partial charge is 0.414 e. The van der Waals surface area contributed by atoms with E-state index in [9.17, 15) is 0 Å². The number of carbonyl (C=O) groups is 2. The first-order chi connectivity index (χ1) is 10.9. The Labute approximate surface area is 136 Å². The largest absolute Gasteiger partial charge is 0.473 e. The molecule has 10 heteroatoms. The van der Waals surface area contributed by atoms with Crippen LogP contribution in [-0.2, 0) is 9.59 Å². The average Bonchev–Trinajstić information content (AvgIpc) is 2.93. The summed E-state index contributed by atoms with van der Waals surface area (Å²) in [5, 5.41) is 27.3. The summed E-state index contributed by atoms with van der Waals surface area (Å²) in [6.07, 6.45) is 0. The highest BCUT2D eigenvalue weighted by atomic mass is 32.2. The van der Waals surface area contributed by atoms with Crippen molar-refractivity contribution in [1.82, 2.24) is 20.2 Å². The Hall–Kier alpha value is -2.46. The topological polar surface area (TPSA) is 144 Å². The maximum atomic E-state index is 9.10. The Morgan fingerprint density at radius 2 is 1.91 bits per heavy atom. The van der Waals surface area contributed by atoms with Crippen molar-refractivity contribution in [2.75, 3.05) is 12.3 Å². The monoisotopic (exact) mass is 339 g/mol. The van der Waals surface area contributed by atoms with Gasteiger partial charge < -0.3 is 15.9 Å². The van der Waals surface area contributed by atoms with Crippen molar-refractivity contribution in [2.24, 2.45) is 5.73 Å². The van der Waals surface area contributed by atoms with E-state index in [0.717, 1.165) is 22.2 Å². The summed E-state index contributed by atoms with van der Waals surface area (Å²) in [4.78, 5) is 18.2. The number of thioether (sulfide) groups is 1. The van der Waals surface area contributed by atoms with Gasteiger partial charge in [0.15, 0.2) is 0 Å². The van der Waals surface area contributed by atoms with Crippen LogP contribution in [0.25, 0.3) is 5.69 Å². The minimum Gasteiger partial charge on any atom is -0.473 e. The fourth-order valence-corrected chi connectivity index (χ4v) is 2.27. The molecule has 1 aromatic carbocycles. The molecule has 0 atom stereocenters. The van der Waals surface area contributed by atoms with Gasteiger partial charge in [0.05, 0.1) is 5.69 Å². The molecule has 0 aliphatic carbocycles. The summed E-state index contributed by atoms with van der Waals surface area (Å²) >= 11 is 1.56. The average molecular weight is 339 g/mol. The lowest BCUT2D eigenvalue weighted by atomic mass is 10.1. The summed E-state index contributed by atoms with van der Waals surface area (Å²) in [6, 6.07) is 6.21. The second-order valence-electron chi connectivity index (χ2n) is 4.41. The van der Waals surface area contributed by atoms with E-state index in [4.69, 9.17) is 25.5 Å². The maximum absolute atomic E-state index is 9.10. The molecule has 1 aromatic heterocycles. The number of aliphatic carboxylic acids is 2. The SMILES string of the molecule is Cc1ccc(-n2nnnc2SCCN)c(C)c1.O=C(O)C(=O)O. The van der Waals surface area contributed by atoms with Crippen LogP contribution in [0.3, 0.4) is 0 Å². The zero-order valence-electron chi connectivity index (χ0n) is 12.6. The van der Waals surface area contributed by atoms with Gasteiger partial charge in [0.2, 0.25) is 5.16 Å². The van der Waals surface area contributed by atoms with Crippen molar-refractivity contribution in [1.29, 1.82) is 0 Å². The predicted octanol–water partition coefficient (Wildman–Crippen LogP) is 0.486. The normalized spacial score (nSPS) is 9.87. The second kappa shape index (κ2) is 8.86. The predicted molar refractivity (Wildman–Crippen MR) is 83.7 cm³/mol. The number of carboxylic acid groups (broad SMARTS) is 2. The third-order valence-electron chi connectivity index (χ3n) is 2.55. The van der Waals surface area contributed by atoms with Crippen molar-refractivity contribution in [3.63, 3.8) is 0 Å². The molecule has 0 radical (unpaired) electrons. The third-order valence-corrected chi connectivity index (χ3v) is 3.51. The van der Waals surface area contributed by atoms with Gasteiger partial charge in [-0.3, -0.25) is 0 Å².